The number of para-hydroxylation sites is 1. The third-order valence-corrected chi connectivity index (χ3v) is 4.01. The van der Waals surface area contributed by atoms with Crippen LogP contribution in [0.3, 0.4) is 0 Å². The number of amides is 1. The Morgan fingerprint density at radius 2 is 1.92 bits per heavy atom. The first-order chi connectivity index (χ1) is 11.7. The van der Waals surface area contributed by atoms with Crippen LogP contribution in [0.1, 0.15) is 41.3 Å². The van der Waals surface area contributed by atoms with E-state index in [0.717, 1.165) is 35.5 Å². The van der Waals surface area contributed by atoms with Crippen molar-refractivity contribution in [1.82, 2.24) is 5.32 Å². The van der Waals surface area contributed by atoms with Gasteiger partial charge in [-0.25, -0.2) is 0 Å². The minimum Gasteiger partial charge on any atom is -0.493 e. The standard InChI is InChI=1S/C20H23NO3/c1-3-23-19-11-8-15(20(22)21-17-9-10-17)12-16(19)13-24-18-7-5-4-6-14(18)2/h4-8,11-12,17H,3,9-10,13H2,1-2H3,(H,21,22). The predicted molar refractivity (Wildman–Crippen MR) is 93.6 cm³/mol. The second-order valence-electron chi connectivity index (χ2n) is 6.06. The molecule has 0 aromatic heterocycles. The third kappa shape index (κ3) is 4.07. The summed E-state index contributed by atoms with van der Waals surface area (Å²) in [7, 11) is 0. The molecule has 0 radical (unpaired) electrons. The first-order valence-corrected chi connectivity index (χ1v) is 8.42. The zero-order valence-corrected chi connectivity index (χ0v) is 14.2. The lowest BCUT2D eigenvalue weighted by Crippen LogP contribution is -2.25. The average molecular weight is 325 g/mol. The van der Waals surface area contributed by atoms with Gasteiger partial charge in [-0.15, -0.1) is 0 Å². The van der Waals surface area contributed by atoms with Crippen LogP contribution in [0.2, 0.25) is 0 Å². The number of rotatable bonds is 7. The van der Waals surface area contributed by atoms with Gasteiger partial charge in [-0.1, -0.05) is 18.2 Å². The van der Waals surface area contributed by atoms with Gasteiger partial charge in [0.1, 0.15) is 18.1 Å². The first-order valence-electron chi connectivity index (χ1n) is 8.42. The number of nitrogens with one attached hydrogen (secondary N) is 1. The molecule has 0 heterocycles. The Kier molecular flexibility index (Phi) is 5.04. The van der Waals surface area contributed by atoms with Crippen molar-refractivity contribution >= 4 is 5.91 Å². The normalized spacial score (nSPS) is 13.4. The molecule has 1 amide bonds. The van der Waals surface area contributed by atoms with Gasteiger partial charge in [0.25, 0.3) is 5.91 Å². The Morgan fingerprint density at radius 3 is 2.62 bits per heavy atom. The van der Waals surface area contributed by atoms with Gasteiger partial charge in [-0.2, -0.15) is 0 Å². The predicted octanol–water partition coefficient (Wildman–Crippen LogP) is 3.86. The molecule has 24 heavy (non-hydrogen) atoms. The van der Waals surface area contributed by atoms with Gasteiger partial charge >= 0.3 is 0 Å². The van der Waals surface area contributed by atoms with Gasteiger partial charge in [0.2, 0.25) is 0 Å². The molecule has 1 fully saturated rings. The van der Waals surface area contributed by atoms with Gasteiger partial charge in [-0.3, -0.25) is 4.79 Å². The van der Waals surface area contributed by atoms with E-state index in [1.165, 1.54) is 0 Å². The van der Waals surface area contributed by atoms with Gasteiger partial charge < -0.3 is 14.8 Å². The quantitative estimate of drug-likeness (QED) is 0.841. The number of benzene rings is 2. The Morgan fingerprint density at radius 1 is 1.12 bits per heavy atom. The summed E-state index contributed by atoms with van der Waals surface area (Å²) in [5, 5.41) is 3.01. The average Bonchev–Trinajstić information content (AvgIpc) is 3.39. The lowest BCUT2D eigenvalue weighted by molar-refractivity contribution is 0.0951. The molecule has 0 atom stereocenters. The lowest BCUT2D eigenvalue weighted by atomic mass is 10.1. The largest absolute Gasteiger partial charge is 0.493 e. The van der Waals surface area contributed by atoms with Crippen molar-refractivity contribution in [2.45, 2.75) is 39.3 Å². The molecule has 1 N–H and O–H groups in total. The van der Waals surface area contributed by atoms with Crippen LogP contribution in [-0.4, -0.2) is 18.6 Å². The number of ether oxygens (including phenoxy) is 2. The molecule has 1 saturated carbocycles. The monoisotopic (exact) mass is 325 g/mol. The maximum atomic E-state index is 12.3. The Hall–Kier alpha value is -2.49. The fourth-order valence-corrected chi connectivity index (χ4v) is 2.50. The van der Waals surface area contributed by atoms with Crippen molar-refractivity contribution in [3.8, 4) is 11.5 Å². The zero-order valence-electron chi connectivity index (χ0n) is 14.2. The molecule has 2 aromatic carbocycles. The van der Waals surface area contributed by atoms with Crippen molar-refractivity contribution < 1.29 is 14.3 Å². The molecule has 0 bridgehead atoms. The lowest BCUT2D eigenvalue weighted by Gasteiger charge is -2.14. The van der Waals surface area contributed by atoms with Gasteiger partial charge in [0, 0.05) is 17.2 Å². The molecule has 0 aliphatic heterocycles. The van der Waals surface area contributed by atoms with Crippen LogP contribution in [0.15, 0.2) is 42.5 Å². The van der Waals surface area contributed by atoms with Crippen molar-refractivity contribution in [2.24, 2.45) is 0 Å². The van der Waals surface area contributed by atoms with Crippen LogP contribution >= 0.6 is 0 Å². The van der Waals surface area contributed by atoms with Crippen molar-refractivity contribution in [2.75, 3.05) is 6.61 Å². The molecule has 0 saturated heterocycles. The van der Waals surface area contributed by atoms with Crippen molar-refractivity contribution in [1.29, 1.82) is 0 Å². The van der Waals surface area contributed by atoms with Crippen LogP contribution < -0.4 is 14.8 Å². The summed E-state index contributed by atoms with van der Waals surface area (Å²) < 4.78 is 11.6. The van der Waals surface area contributed by atoms with Gasteiger partial charge in [-0.05, 0) is 56.5 Å². The summed E-state index contributed by atoms with van der Waals surface area (Å²) in [6.45, 7) is 4.90. The SMILES string of the molecule is CCOc1ccc(C(=O)NC2CC2)cc1COc1ccccc1C. The van der Waals surface area contributed by atoms with Crippen LogP contribution in [0.5, 0.6) is 11.5 Å². The Balaban J connectivity index is 1.77. The summed E-state index contributed by atoms with van der Waals surface area (Å²) in [5.41, 5.74) is 2.61. The minimum absolute atomic E-state index is 0.0299. The number of hydrogen-bond acceptors (Lipinski definition) is 3. The Bertz CT molecular complexity index is 723. The molecule has 2 aromatic rings. The summed E-state index contributed by atoms with van der Waals surface area (Å²) in [6, 6.07) is 13.7. The maximum absolute atomic E-state index is 12.3. The van der Waals surface area contributed by atoms with E-state index in [1.54, 1.807) is 6.07 Å². The van der Waals surface area contributed by atoms with Crippen LogP contribution in [-0.2, 0) is 6.61 Å². The highest BCUT2D eigenvalue weighted by Crippen LogP contribution is 2.25. The molecule has 3 rings (SSSR count). The third-order valence-electron chi connectivity index (χ3n) is 4.01. The van der Waals surface area contributed by atoms with E-state index in [9.17, 15) is 4.79 Å². The van der Waals surface area contributed by atoms with Crippen LogP contribution in [0.4, 0.5) is 0 Å². The van der Waals surface area contributed by atoms with E-state index in [-0.39, 0.29) is 5.91 Å². The molecule has 0 unspecified atom stereocenters. The van der Waals surface area contributed by atoms with E-state index >= 15 is 0 Å². The fraction of sp³-hybridized carbons (Fsp3) is 0.350. The molecular weight excluding hydrogens is 302 g/mol. The van der Waals surface area contributed by atoms with Crippen LogP contribution in [0, 0.1) is 6.92 Å². The summed E-state index contributed by atoms with van der Waals surface area (Å²) >= 11 is 0. The number of carbonyl (C=O) groups is 1. The second kappa shape index (κ2) is 7.39. The number of hydrogen-bond donors (Lipinski definition) is 1. The molecular formula is C20H23NO3. The Labute approximate surface area is 142 Å². The molecule has 4 heteroatoms. The zero-order chi connectivity index (χ0) is 16.9. The van der Waals surface area contributed by atoms with E-state index < -0.39 is 0 Å². The first kappa shape index (κ1) is 16.4. The van der Waals surface area contributed by atoms with Gasteiger partial charge in [0.15, 0.2) is 0 Å². The van der Waals surface area contributed by atoms with E-state index in [2.05, 4.69) is 5.32 Å². The van der Waals surface area contributed by atoms with Crippen molar-refractivity contribution in [3.05, 3.63) is 59.2 Å². The molecule has 0 spiro atoms. The topological polar surface area (TPSA) is 47.6 Å². The summed E-state index contributed by atoms with van der Waals surface area (Å²) in [6.07, 6.45) is 2.15. The fourth-order valence-electron chi connectivity index (χ4n) is 2.50. The van der Waals surface area contributed by atoms with E-state index in [0.29, 0.717) is 24.8 Å². The molecule has 4 nitrogen and oxygen atoms in total. The number of carbonyl (C=O) groups excluding carboxylic acids is 1. The minimum atomic E-state index is -0.0299. The highest BCUT2D eigenvalue weighted by atomic mass is 16.5. The highest BCUT2D eigenvalue weighted by molar-refractivity contribution is 5.95. The summed E-state index contributed by atoms with van der Waals surface area (Å²) in [4.78, 5) is 12.3. The molecule has 1 aliphatic carbocycles. The molecule has 1 aliphatic rings. The van der Waals surface area contributed by atoms with E-state index in [4.69, 9.17) is 9.47 Å². The summed E-state index contributed by atoms with van der Waals surface area (Å²) in [5.74, 6) is 1.57. The van der Waals surface area contributed by atoms with Crippen molar-refractivity contribution in [3.63, 3.8) is 0 Å². The maximum Gasteiger partial charge on any atom is 0.251 e. The number of aryl methyl sites for hydroxylation is 1. The van der Waals surface area contributed by atoms with Gasteiger partial charge in [0.05, 0.1) is 6.61 Å². The molecule has 126 valence electrons. The smallest absolute Gasteiger partial charge is 0.251 e. The second-order valence-corrected chi connectivity index (χ2v) is 6.06. The van der Waals surface area contributed by atoms with Crippen LogP contribution in [0.25, 0.3) is 0 Å². The van der Waals surface area contributed by atoms with E-state index in [1.807, 2.05) is 50.2 Å². The highest BCUT2D eigenvalue weighted by Gasteiger charge is 2.24.